The van der Waals surface area contributed by atoms with Crippen LogP contribution in [-0.4, -0.2) is 21.3 Å². The van der Waals surface area contributed by atoms with Gasteiger partial charge in [-0.1, -0.05) is 91.0 Å². The highest BCUT2D eigenvalue weighted by atomic mass is 19.2. The minimum atomic E-state index is -1.25. The number of hydrogen-bond acceptors (Lipinski definition) is 2. The number of rotatable bonds is 6. The van der Waals surface area contributed by atoms with Crippen molar-refractivity contribution in [3.05, 3.63) is 132 Å². The number of benzene rings is 3. The fourth-order valence-corrected chi connectivity index (χ4v) is 3.81. The zero-order chi connectivity index (χ0) is 21.0. The van der Waals surface area contributed by atoms with E-state index in [9.17, 15) is 8.78 Å². The third kappa shape index (κ3) is 3.33. The molecule has 0 unspecified atom stereocenters. The average molecular weight is 402 g/mol. The molecule has 5 heteroatoms. The van der Waals surface area contributed by atoms with Crippen LogP contribution < -0.4 is 0 Å². The monoisotopic (exact) mass is 402 g/mol. The van der Waals surface area contributed by atoms with E-state index in [0.717, 1.165) is 16.7 Å². The molecule has 150 valence electrons. The molecule has 0 aliphatic carbocycles. The zero-order valence-corrected chi connectivity index (χ0v) is 16.1. The van der Waals surface area contributed by atoms with Crippen LogP contribution in [0.2, 0.25) is 0 Å². The SMILES string of the molecule is OC/C(F)=C(/F)c1cn(C(c2ccccc2)(c2ccccc2)c2ccccc2)cn1. The van der Waals surface area contributed by atoms with E-state index in [4.69, 9.17) is 5.11 Å². The van der Waals surface area contributed by atoms with Crippen LogP contribution in [0.15, 0.2) is 109 Å². The number of aromatic nitrogens is 2. The van der Waals surface area contributed by atoms with Crippen molar-refractivity contribution in [3.63, 3.8) is 0 Å². The highest BCUT2D eigenvalue weighted by Crippen LogP contribution is 2.41. The van der Waals surface area contributed by atoms with Crippen molar-refractivity contribution in [2.75, 3.05) is 6.61 Å². The zero-order valence-electron chi connectivity index (χ0n) is 16.1. The first kappa shape index (κ1) is 19.7. The second-order valence-corrected chi connectivity index (χ2v) is 6.85. The summed E-state index contributed by atoms with van der Waals surface area (Å²) in [6.45, 7) is -1.01. The lowest BCUT2D eigenvalue weighted by Crippen LogP contribution is -2.36. The van der Waals surface area contributed by atoms with Crippen LogP contribution >= 0.6 is 0 Å². The molecule has 3 nitrogen and oxygen atoms in total. The maximum atomic E-state index is 14.4. The van der Waals surface area contributed by atoms with Crippen molar-refractivity contribution in [2.24, 2.45) is 0 Å². The Balaban J connectivity index is 2.06. The number of imidazole rings is 1. The summed E-state index contributed by atoms with van der Waals surface area (Å²) in [6.07, 6.45) is 2.96. The van der Waals surface area contributed by atoms with Gasteiger partial charge in [0.2, 0.25) is 0 Å². The van der Waals surface area contributed by atoms with Gasteiger partial charge in [0.15, 0.2) is 11.7 Å². The van der Waals surface area contributed by atoms with Gasteiger partial charge in [0.1, 0.15) is 11.2 Å². The first-order valence-electron chi connectivity index (χ1n) is 9.54. The first-order valence-corrected chi connectivity index (χ1v) is 9.54. The van der Waals surface area contributed by atoms with Gasteiger partial charge in [0.25, 0.3) is 0 Å². The van der Waals surface area contributed by atoms with Crippen molar-refractivity contribution in [2.45, 2.75) is 5.54 Å². The Morgan fingerprint density at radius 1 is 0.767 bits per heavy atom. The van der Waals surface area contributed by atoms with E-state index in [2.05, 4.69) is 4.98 Å². The van der Waals surface area contributed by atoms with Crippen molar-refractivity contribution in [1.82, 2.24) is 9.55 Å². The largest absolute Gasteiger partial charge is 0.389 e. The van der Waals surface area contributed by atoms with Gasteiger partial charge in [0, 0.05) is 6.20 Å². The van der Waals surface area contributed by atoms with Crippen LogP contribution in [0.25, 0.3) is 5.83 Å². The summed E-state index contributed by atoms with van der Waals surface area (Å²) in [5.41, 5.74) is 1.80. The Hall–Kier alpha value is -3.57. The Bertz CT molecular complexity index is 1040. The molecule has 0 radical (unpaired) electrons. The normalized spacial score (nSPS) is 12.5. The molecule has 0 saturated heterocycles. The van der Waals surface area contributed by atoms with Crippen molar-refractivity contribution in [1.29, 1.82) is 0 Å². The van der Waals surface area contributed by atoms with Crippen LogP contribution in [0, 0.1) is 0 Å². The van der Waals surface area contributed by atoms with Gasteiger partial charge in [-0.15, -0.1) is 0 Å². The molecule has 0 spiro atoms. The van der Waals surface area contributed by atoms with E-state index in [0.29, 0.717) is 0 Å². The molecule has 0 atom stereocenters. The van der Waals surface area contributed by atoms with Crippen molar-refractivity contribution < 1.29 is 13.9 Å². The van der Waals surface area contributed by atoms with Crippen LogP contribution in [0.3, 0.4) is 0 Å². The van der Waals surface area contributed by atoms with E-state index in [1.54, 1.807) is 4.57 Å². The lowest BCUT2D eigenvalue weighted by molar-refractivity contribution is 0.296. The minimum absolute atomic E-state index is 0.172. The Morgan fingerprint density at radius 2 is 1.20 bits per heavy atom. The third-order valence-electron chi connectivity index (χ3n) is 5.15. The molecule has 0 bridgehead atoms. The molecule has 4 rings (SSSR count). The summed E-state index contributed by atoms with van der Waals surface area (Å²) in [7, 11) is 0. The topological polar surface area (TPSA) is 38.0 Å². The quantitative estimate of drug-likeness (QED) is 0.443. The van der Waals surface area contributed by atoms with E-state index in [1.807, 2.05) is 91.0 Å². The molecule has 0 aliphatic heterocycles. The van der Waals surface area contributed by atoms with Crippen molar-refractivity contribution >= 4 is 5.83 Å². The summed E-state index contributed by atoms with van der Waals surface area (Å²) in [6, 6.07) is 29.5. The molecule has 1 heterocycles. The Labute approximate surface area is 173 Å². The van der Waals surface area contributed by atoms with E-state index < -0.39 is 23.8 Å². The second-order valence-electron chi connectivity index (χ2n) is 6.85. The number of hydrogen-bond donors (Lipinski definition) is 1. The molecule has 3 aromatic carbocycles. The van der Waals surface area contributed by atoms with Gasteiger partial charge < -0.3 is 9.67 Å². The molecule has 4 aromatic rings. The Morgan fingerprint density at radius 3 is 1.60 bits per heavy atom. The summed E-state index contributed by atoms with van der Waals surface area (Å²) < 4.78 is 29.9. The molecule has 0 amide bonds. The molecule has 0 fully saturated rings. The number of halogens is 2. The fraction of sp³-hybridized carbons (Fsp3) is 0.0800. The van der Waals surface area contributed by atoms with Crippen LogP contribution in [-0.2, 0) is 5.54 Å². The third-order valence-corrected chi connectivity index (χ3v) is 5.15. The number of aliphatic hydroxyl groups is 1. The number of aliphatic hydroxyl groups excluding tert-OH is 1. The summed E-state index contributed by atoms with van der Waals surface area (Å²) in [5.74, 6) is -2.41. The highest BCUT2D eigenvalue weighted by molar-refractivity contribution is 5.58. The highest BCUT2D eigenvalue weighted by Gasteiger charge is 2.38. The maximum absolute atomic E-state index is 14.4. The predicted molar refractivity (Wildman–Crippen MR) is 113 cm³/mol. The van der Waals surface area contributed by atoms with Gasteiger partial charge in [0.05, 0.1) is 12.9 Å². The lowest BCUT2D eigenvalue weighted by atomic mass is 9.77. The second kappa shape index (κ2) is 8.43. The van der Waals surface area contributed by atoms with Gasteiger partial charge in [-0.3, -0.25) is 0 Å². The maximum Gasteiger partial charge on any atom is 0.184 e. The minimum Gasteiger partial charge on any atom is -0.389 e. The van der Waals surface area contributed by atoms with Gasteiger partial charge in [-0.05, 0) is 16.7 Å². The van der Waals surface area contributed by atoms with Crippen LogP contribution in [0.1, 0.15) is 22.4 Å². The molecular formula is C25H20F2N2O. The van der Waals surface area contributed by atoms with Crippen LogP contribution in [0.4, 0.5) is 8.78 Å². The fourth-order valence-electron chi connectivity index (χ4n) is 3.81. The van der Waals surface area contributed by atoms with Gasteiger partial charge in [-0.25, -0.2) is 13.8 Å². The van der Waals surface area contributed by atoms with Gasteiger partial charge >= 0.3 is 0 Å². The standard InChI is InChI=1S/C25H20F2N2O/c26-22(17-30)24(27)23-16-29(18-28-23)25(19-10-4-1-5-11-19,20-12-6-2-7-13-20)21-14-8-3-9-15-21/h1-16,18,30H,17H2/b24-22-. The molecule has 0 saturated carbocycles. The molecule has 1 aromatic heterocycles. The molecular weight excluding hydrogens is 382 g/mol. The first-order chi connectivity index (χ1) is 14.7. The molecule has 1 N–H and O–H groups in total. The average Bonchev–Trinajstić information content (AvgIpc) is 3.31. The molecule has 0 aliphatic rings. The summed E-state index contributed by atoms with van der Waals surface area (Å²) in [5, 5.41) is 8.96. The van der Waals surface area contributed by atoms with Crippen molar-refractivity contribution in [3.8, 4) is 0 Å². The number of nitrogens with zero attached hydrogens (tertiary/aromatic N) is 2. The predicted octanol–water partition coefficient (Wildman–Crippen LogP) is 5.32. The van der Waals surface area contributed by atoms with Gasteiger partial charge in [-0.2, -0.15) is 0 Å². The van der Waals surface area contributed by atoms with Crippen LogP contribution in [0.5, 0.6) is 0 Å². The summed E-state index contributed by atoms with van der Waals surface area (Å²) >= 11 is 0. The van der Waals surface area contributed by atoms with E-state index in [-0.39, 0.29) is 5.69 Å². The molecule has 30 heavy (non-hydrogen) atoms. The lowest BCUT2D eigenvalue weighted by Gasteiger charge is -2.37. The Kier molecular flexibility index (Phi) is 5.55. The van der Waals surface area contributed by atoms with E-state index in [1.165, 1.54) is 12.5 Å². The van der Waals surface area contributed by atoms with E-state index >= 15 is 0 Å². The smallest absolute Gasteiger partial charge is 0.184 e. The summed E-state index contributed by atoms with van der Waals surface area (Å²) in [4.78, 5) is 4.11.